The molecule has 5 nitrogen and oxygen atoms in total. The molecule has 250 valence electrons. The first kappa shape index (κ1) is 30.5. The van der Waals surface area contributed by atoms with Gasteiger partial charge in [0.25, 0.3) is 0 Å². The van der Waals surface area contributed by atoms with Crippen LogP contribution < -0.4 is 5.73 Å². The van der Waals surface area contributed by atoms with Crippen LogP contribution in [0.4, 0.5) is 0 Å². The van der Waals surface area contributed by atoms with Crippen LogP contribution in [0.15, 0.2) is 18.2 Å². The summed E-state index contributed by atoms with van der Waals surface area (Å²) in [6.07, 6.45) is 21.6. The number of rotatable bonds is 4. The molecule has 46 heavy (non-hydrogen) atoms. The van der Waals surface area contributed by atoms with Crippen LogP contribution in [0.1, 0.15) is 121 Å². The first-order chi connectivity index (χ1) is 22.2. The molecule has 2 aliphatic heterocycles. The van der Waals surface area contributed by atoms with Crippen LogP contribution in [0, 0.1) is 58.2 Å². The van der Waals surface area contributed by atoms with Crippen molar-refractivity contribution in [1.82, 2.24) is 0 Å². The summed E-state index contributed by atoms with van der Waals surface area (Å²) in [5.74, 6) is 9.53. The van der Waals surface area contributed by atoms with Gasteiger partial charge in [-0.15, -0.1) is 0 Å². The monoisotopic (exact) mass is 627 g/mol. The Balaban J connectivity index is 1.21. The third-order valence-corrected chi connectivity index (χ3v) is 15.8. The maximum Gasteiger partial charge on any atom is 0.115 e. The minimum Gasteiger partial charge on any atom is -0.508 e. The van der Waals surface area contributed by atoms with Crippen LogP contribution in [0.3, 0.4) is 0 Å². The maximum atomic E-state index is 11.1. The van der Waals surface area contributed by atoms with E-state index in [9.17, 15) is 10.2 Å². The zero-order valence-electron chi connectivity index (χ0n) is 28.2. The minimum absolute atomic E-state index is 0.0311. The summed E-state index contributed by atoms with van der Waals surface area (Å²) in [4.78, 5) is 0. The van der Waals surface area contributed by atoms with Gasteiger partial charge in [-0.05, 0) is 142 Å². The molecule has 1 aromatic rings. The van der Waals surface area contributed by atoms with E-state index in [0.717, 1.165) is 45.1 Å². The Morgan fingerprint density at radius 3 is 2.59 bits per heavy atom. The van der Waals surface area contributed by atoms with Crippen molar-refractivity contribution in [3.8, 4) is 17.6 Å². The molecule has 5 heteroatoms. The fourth-order valence-corrected chi connectivity index (χ4v) is 14.4. The van der Waals surface area contributed by atoms with Gasteiger partial charge in [-0.2, -0.15) is 0 Å². The summed E-state index contributed by atoms with van der Waals surface area (Å²) >= 11 is 0. The molecule has 0 radical (unpaired) electrons. The Morgan fingerprint density at radius 2 is 1.78 bits per heavy atom. The predicted molar refractivity (Wildman–Crippen MR) is 179 cm³/mol. The Hall–Kier alpha value is -1.58. The first-order valence-electron chi connectivity index (χ1n) is 19.2. The molecule has 1 aromatic carbocycles. The van der Waals surface area contributed by atoms with Crippen molar-refractivity contribution in [2.24, 2.45) is 52.1 Å². The topological polar surface area (TPSA) is 84.9 Å². The molecule has 9 aliphatic rings. The number of aliphatic hydroxyl groups excluding tert-OH is 1. The van der Waals surface area contributed by atoms with Gasteiger partial charge in [0, 0.05) is 30.4 Å². The highest BCUT2D eigenvalue weighted by molar-refractivity contribution is 5.41. The van der Waals surface area contributed by atoms with Crippen LogP contribution in [-0.2, 0) is 22.3 Å². The second-order valence-electron chi connectivity index (χ2n) is 18.1. The van der Waals surface area contributed by atoms with Crippen molar-refractivity contribution in [1.29, 1.82) is 0 Å². The number of phenols is 1. The van der Waals surface area contributed by atoms with E-state index in [2.05, 4.69) is 24.8 Å². The van der Waals surface area contributed by atoms with Crippen LogP contribution in [0.5, 0.6) is 5.75 Å². The highest BCUT2D eigenvalue weighted by Gasteiger charge is 2.81. The molecule has 1 unspecified atom stereocenters. The number of benzene rings is 1. The van der Waals surface area contributed by atoms with Crippen molar-refractivity contribution in [3.63, 3.8) is 0 Å². The first-order valence-corrected chi connectivity index (χ1v) is 19.2. The van der Waals surface area contributed by atoms with E-state index in [4.69, 9.17) is 15.2 Å². The Morgan fingerprint density at radius 1 is 0.978 bits per heavy atom. The van der Waals surface area contributed by atoms with E-state index in [1.807, 2.05) is 12.1 Å². The average Bonchev–Trinajstić information content (AvgIpc) is 3.71. The Bertz CT molecular complexity index is 1420. The number of nitrogens with two attached hydrogens (primary N) is 1. The number of aliphatic hydroxyl groups is 1. The Kier molecular flexibility index (Phi) is 7.09. The fourth-order valence-electron chi connectivity index (χ4n) is 14.4. The van der Waals surface area contributed by atoms with Gasteiger partial charge in [-0.3, -0.25) is 0 Å². The molecule has 2 saturated heterocycles. The summed E-state index contributed by atoms with van der Waals surface area (Å²) < 4.78 is 14.7. The molecule has 6 saturated carbocycles. The highest BCUT2D eigenvalue weighted by atomic mass is 16.5. The highest BCUT2D eigenvalue weighted by Crippen LogP contribution is 2.77. The van der Waals surface area contributed by atoms with E-state index in [1.54, 1.807) is 0 Å². The normalized spacial score (nSPS) is 47.0. The average molecular weight is 628 g/mol. The van der Waals surface area contributed by atoms with Gasteiger partial charge in [-0.25, -0.2) is 0 Å². The largest absolute Gasteiger partial charge is 0.508 e. The molecule has 10 rings (SSSR count). The quantitative estimate of drug-likeness (QED) is 0.311. The lowest BCUT2D eigenvalue weighted by Gasteiger charge is -2.80. The molecule has 2 heterocycles. The summed E-state index contributed by atoms with van der Waals surface area (Å²) in [7, 11) is 0. The molecule has 10 atom stereocenters. The lowest BCUT2D eigenvalue weighted by atomic mass is 9.31. The van der Waals surface area contributed by atoms with Crippen molar-refractivity contribution >= 4 is 0 Å². The van der Waals surface area contributed by atoms with E-state index in [1.165, 1.54) is 81.8 Å². The summed E-state index contributed by atoms with van der Waals surface area (Å²) in [6, 6.07) is 6.00. The van der Waals surface area contributed by atoms with Gasteiger partial charge in [0.2, 0.25) is 0 Å². The van der Waals surface area contributed by atoms with E-state index >= 15 is 0 Å². The van der Waals surface area contributed by atoms with E-state index in [0.29, 0.717) is 41.4 Å². The van der Waals surface area contributed by atoms with Gasteiger partial charge in [0.1, 0.15) is 5.75 Å². The van der Waals surface area contributed by atoms with Crippen molar-refractivity contribution in [2.45, 2.75) is 145 Å². The number of hydrogen-bond acceptors (Lipinski definition) is 5. The number of fused-ring (bicyclic) bond motifs is 3. The molecular formula is C41H57NO4. The molecule has 8 fully saturated rings. The number of phenolic OH excluding ortho intramolecular Hbond substituents is 1. The van der Waals surface area contributed by atoms with Crippen molar-refractivity contribution in [3.05, 3.63) is 29.3 Å². The van der Waals surface area contributed by atoms with Gasteiger partial charge < -0.3 is 25.4 Å². The molecule has 7 aliphatic carbocycles. The number of aromatic hydroxyl groups is 1. The van der Waals surface area contributed by atoms with Gasteiger partial charge in [0.15, 0.2) is 0 Å². The molecule has 2 spiro atoms. The maximum absolute atomic E-state index is 11.1. The fraction of sp³-hybridized carbons (Fsp3) is 0.805. The molecule has 4 N–H and O–H groups in total. The van der Waals surface area contributed by atoms with Crippen molar-refractivity contribution in [2.75, 3.05) is 13.2 Å². The van der Waals surface area contributed by atoms with Gasteiger partial charge in [-0.1, -0.05) is 43.6 Å². The summed E-state index contributed by atoms with van der Waals surface area (Å²) in [5.41, 5.74) is 9.80. The second-order valence-corrected chi connectivity index (χ2v) is 18.1. The standard InChI is InChI=1S/C41H57NO4/c1-37-17-13-31(25-45-34-8-2-3-9-34)39-18-14-30(24-43)41(42,36(37)39)35-10-6-7-28-21-33(44)12-11-29(28)19-27-20-32(40(35,26-39)46-37)23-38(22-27)15-4-5-16-38/h11-12,21,27,30-32,34-36,43-44H,2-5,7-9,13-20,22-26,42H2,1H3/t27-,30+,31-,32+,35?,36-,37-,39+,40-,41+/m1/s1. The van der Waals surface area contributed by atoms with E-state index < -0.39 is 11.1 Å². The zero-order valence-corrected chi connectivity index (χ0v) is 28.2. The molecular weight excluding hydrogens is 570 g/mol. The second kappa shape index (κ2) is 10.7. The van der Waals surface area contributed by atoms with Crippen LogP contribution in [-0.4, -0.2) is 46.3 Å². The van der Waals surface area contributed by atoms with Crippen LogP contribution in [0.2, 0.25) is 0 Å². The minimum atomic E-state index is -0.594. The van der Waals surface area contributed by atoms with Gasteiger partial charge >= 0.3 is 0 Å². The Labute approximate surface area is 276 Å². The molecule has 0 amide bonds. The van der Waals surface area contributed by atoms with Crippen LogP contribution in [0.25, 0.3) is 0 Å². The third-order valence-electron chi connectivity index (χ3n) is 15.8. The predicted octanol–water partition coefficient (Wildman–Crippen LogP) is 7.09. The smallest absolute Gasteiger partial charge is 0.115 e. The molecule has 0 aromatic heterocycles. The lowest BCUT2D eigenvalue weighted by Crippen LogP contribution is -2.87. The summed E-state index contributed by atoms with van der Waals surface area (Å²) in [6.45, 7) is 3.41. The van der Waals surface area contributed by atoms with Gasteiger partial charge in [0.05, 0.1) is 29.8 Å². The van der Waals surface area contributed by atoms with Crippen LogP contribution >= 0.6 is 0 Å². The third kappa shape index (κ3) is 4.28. The SMILES string of the molecule is C[C@]12CC[C@H](COC3CCCC3)[C@]34CC[C@@H](CO)[C@](N)(C5C#CCc6cc(O)ccc6C[C@@H]6C[C@@H](CC7(CCCC7)C6)[C@@]5(C3)O1)[C@@H]42. The van der Waals surface area contributed by atoms with Crippen molar-refractivity contribution < 1.29 is 19.7 Å². The zero-order chi connectivity index (χ0) is 31.4. The number of hydrogen-bond donors (Lipinski definition) is 3. The summed E-state index contributed by atoms with van der Waals surface area (Å²) in [5, 5.41) is 21.6. The molecule has 7 bridgehead atoms. The lowest BCUT2D eigenvalue weighted by molar-refractivity contribution is -0.395. The van der Waals surface area contributed by atoms with E-state index in [-0.39, 0.29) is 35.4 Å². The number of ether oxygens (including phenoxy) is 2.